The summed E-state index contributed by atoms with van der Waals surface area (Å²) in [4.78, 5) is 11.4. The van der Waals surface area contributed by atoms with Crippen LogP contribution in [0.3, 0.4) is 0 Å². The summed E-state index contributed by atoms with van der Waals surface area (Å²) in [7, 11) is 0. The number of thioether (sulfide) groups is 1. The first-order valence-electron chi connectivity index (χ1n) is 11.2. The highest BCUT2D eigenvalue weighted by molar-refractivity contribution is 8.01. The van der Waals surface area contributed by atoms with Crippen LogP contribution in [0.15, 0.2) is 91.0 Å². The van der Waals surface area contributed by atoms with Gasteiger partial charge in [-0.15, -0.1) is 11.8 Å². The highest BCUT2D eigenvalue weighted by Gasteiger charge is 2.44. The van der Waals surface area contributed by atoms with Crippen LogP contribution in [-0.2, 0) is 9.54 Å². The molecule has 0 spiro atoms. The van der Waals surface area contributed by atoms with Crippen LogP contribution in [0.25, 0.3) is 0 Å². The van der Waals surface area contributed by atoms with Crippen LogP contribution in [0.4, 0.5) is 13.2 Å². The van der Waals surface area contributed by atoms with Crippen LogP contribution in [0.2, 0.25) is 0 Å². The fourth-order valence-electron chi connectivity index (χ4n) is 4.60. The normalized spacial score (nSPS) is 21.1. The number of amides is 1. The van der Waals surface area contributed by atoms with Crippen molar-refractivity contribution >= 4 is 17.7 Å². The van der Waals surface area contributed by atoms with Crippen molar-refractivity contribution in [2.45, 2.75) is 47.6 Å². The minimum absolute atomic E-state index is 0.0773. The van der Waals surface area contributed by atoms with E-state index < -0.39 is 29.0 Å². The fraction of sp³-hybridized carbons (Fsp3) is 0.296. The third kappa shape index (κ3) is 5.15. The average molecular weight is 486 g/mol. The Morgan fingerprint density at radius 2 is 1.24 bits per heavy atom. The maximum atomic E-state index is 12.7. The number of hydrogen-bond donors (Lipinski definition) is 2. The van der Waals surface area contributed by atoms with Crippen LogP contribution < -0.4 is 5.32 Å². The number of aliphatic hydroxyl groups is 1. The van der Waals surface area contributed by atoms with Gasteiger partial charge >= 0.3 is 12.1 Å². The van der Waals surface area contributed by atoms with Gasteiger partial charge in [-0.1, -0.05) is 91.0 Å². The van der Waals surface area contributed by atoms with E-state index in [2.05, 4.69) is 36.4 Å². The first kappa shape index (κ1) is 24.4. The zero-order chi connectivity index (χ0) is 24.2. The minimum Gasteiger partial charge on any atom is -0.392 e. The molecule has 178 valence electrons. The third-order valence-electron chi connectivity index (χ3n) is 6.22. The summed E-state index contributed by atoms with van der Waals surface area (Å²) in [5, 5.41) is 12.8. The Bertz CT molecular complexity index is 981. The molecule has 0 aromatic heterocycles. The molecule has 0 radical (unpaired) electrons. The number of carbonyl (C=O) groups excluding carboxylic acids is 1. The van der Waals surface area contributed by atoms with Crippen molar-refractivity contribution in [2.75, 3.05) is 0 Å². The van der Waals surface area contributed by atoms with Crippen molar-refractivity contribution in [3.8, 4) is 0 Å². The standard InChI is InChI=1S/C27H26F3NO2S/c28-27(29,30)25(33)31-22-16-17-24(23(32)18-22)34-26(19-10-4-1-5-11-19,20-12-6-2-7-13-20)21-14-8-3-9-15-21/h1-15,22-24,32H,16-18H2,(H,31,33)/t22-,23-,24-/m1/s1. The van der Waals surface area contributed by atoms with Crippen molar-refractivity contribution in [2.24, 2.45) is 0 Å². The molecule has 0 unspecified atom stereocenters. The second-order valence-electron chi connectivity index (χ2n) is 8.48. The molecule has 0 saturated heterocycles. The van der Waals surface area contributed by atoms with Crippen molar-refractivity contribution in [1.29, 1.82) is 0 Å². The van der Waals surface area contributed by atoms with Crippen LogP contribution >= 0.6 is 11.8 Å². The molecule has 3 aromatic carbocycles. The number of carbonyl (C=O) groups is 1. The van der Waals surface area contributed by atoms with Gasteiger partial charge < -0.3 is 10.4 Å². The fourth-order valence-corrected chi connectivity index (χ4v) is 6.40. The van der Waals surface area contributed by atoms with E-state index in [1.54, 1.807) is 11.8 Å². The lowest BCUT2D eigenvalue weighted by molar-refractivity contribution is -0.174. The Hall–Kier alpha value is -2.77. The van der Waals surface area contributed by atoms with Gasteiger partial charge in [0.2, 0.25) is 0 Å². The molecule has 1 aliphatic rings. The summed E-state index contributed by atoms with van der Waals surface area (Å²) in [6, 6.07) is 29.4. The van der Waals surface area contributed by atoms with E-state index in [1.165, 1.54) is 0 Å². The second-order valence-corrected chi connectivity index (χ2v) is 9.94. The van der Waals surface area contributed by atoms with Crippen LogP contribution in [0.1, 0.15) is 36.0 Å². The molecule has 1 fully saturated rings. The zero-order valence-electron chi connectivity index (χ0n) is 18.4. The van der Waals surface area contributed by atoms with E-state index in [0.29, 0.717) is 12.8 Å². The maximum Gasteiger partial charge on any atom is 0.471 e. The molecule has 1 aliphatic carbocycles. The Kier molecular flexibility index (Phi) is 7.33. The SMILES string of the molecule is O=C(N[C@@H]1CC[C@@H](SC(c2ccccc2)(c2ccccc2)c2ccccc2)[C@H](O)C1)C(F)(F)F. The molecule has 0 aliphatic heterocycles. The van der Waals surface area contributed by atoms with Crippen molar-refractivity contribution in [3.63, 3.8) is 0 Å². The molecule has 2 N–H and O–H groups in total. The van der Waals surface area contributed by atoms with E-state index in [-0.39, 0.29) is 11.7 Å². The smallest absolute Gasteiger partial charge is 0.392 e. The van der Waals surface area contributed by atoms with Gasteiger partial charge in [-0.2, -0.15) is 13.2 Å². The van der Waals surface area contributed by atoms with E-state index in [0.717, 1.165) is 16.7 Å². The maximum absolute atomic E-state index is 12.7. The molecule has 1 amide bonds. The minimum atomic E-state index is -4.93. The summed E-state index contributed by atoms with van der Waals surface area (Å²) in [5.74, 6) is -1.96. The number of benzene rings is 3. The highest BCUT2D eigenvalue weighted by Crippen LogP contribution is 2.52. The van der Waals surface area contributed by atoms with E-state index in [1.807, 2.05) is 59.9 Å². The lowest BCUT2D eigenvalue weighted by atomic mass is 9.84. The number of halogens is 3. The van der Waals surface area contributed by atoms with E-state index >= 15 is 0 Å². The Labute approximate surface area is 201 Å². The van der Waals surface area contributed by atoms with Gasteiger partial charge in [0.15, 0.2) is 0 Å². The van der Waals surface area contributed by atoms with Crippen LogP contribution in [-0.4, -0.2) is 34.6 Å². The number of alkyl halides is 3. The second kappa shape index (κ2) is 10.2. The molecule has 3 nitrogen and oxygen atoms in total. The summed E-state index contributed by atoms with van der Waals surface area (Å²) in [6.45, 7) is 0. The predicted octanol–water partition coefficient (Wildman–Crippen LogP) is 5.67. The van der Waals surface area contributed by atoms with E-state index in [4.69, 9.17) is 0 Å². The average Bonchev–Trinajstić information content (AvgIpc) is 2.85. The number of aliphatic hydroxyl groups excluding tert-OH is 1. The van der Waals surface area contributed by atoms with Crippen molar-refractivity contribution in [3.05, 3.63) is 108 Å². The number of rotatable bonds is 6. The Balaban J connectivity index is 1.68. The molecule has 0 heterocycles. The summed E-state index contributed by atoms with van der Waals surface area (Å²) < 4.78 is 37.4. The highest BCUT2D eigenvalue weighted by atomic mass is 32.2. The third-order valence-corrected chi connectivity index (χ3v) is 8.13. The Morgan fingerprint density at radius 3 is 1.62 bits per heavy atom. The Morgan fingerprint density at radius 1 is 0.794 bits per heavy atom. The number of hydrogen-bond acceptors (Lipinski definition) is 3. The van der Waals surface area contributed by atoms with Crippen LogP contribution in [0.5, 0.6) is 0 Å². The van der Waals surface area contributed by atoms with Crippen LogP contribution in [0, 0.1) is 0 Å². The summed E-state index contributed by atoms with van der Waals surface area (Å²) >= 11 is 1.62. The zero-order valence-corrected chi connectivity index (χ0v) is 19.2. The van der Waals surface area contributed by atoms with Gasteiger partial charge in [-0.05, 0) is 36.0 Å². The van der Waals surface area contributed by atoms with Gasteiger partial charge in [0.25, 0.3) is 0 Å². The van der Waals surface area contributed by atoms with Gasteiger partial charge in [0, 0.05) is 11.3 Å². The van der Waals surface area contributed by atoms with Crippen molar-refractivity contribution < 1.29 is 23.1 Å². The van der Waals surface area contributed by atoms with E-state index in [9.17, 15) is 23.1 Å². The first-order valence-corrected chi connectivity index (χ1v) is 12.1. The quantitative estimate of drug-likeness (QED) is 0.442. The topological polar surface area (TPSA) is 49.3 Å². The monoisotopic (exact) mass is 485 g/mol. The molecule has 7 heteroatoms. The molecular formula is C27H26F3NO2S. The number of nitrogens with one attached hydrogen (secondary N) is 1. The van der Waals surface area contributed by atoms with Gasteiger partial charge in [0.05, 0.1) is 10.9 Å². The van der Waals surface area contributed by atoms with Crippen molar-refractivity contribution in [1.82, 2.24) is 5.32 Å². The largest absolute Gasteiger partial charge is 0.471 e. The molecule has 4 rings (SSSR count). The first-order chi connectivity index (χ1) is 16.3. The molecular weight excluding hydrogens is 459 g/mol. The molecule has 34 heavy (non-hydrogen) atoms. The molecule has 3 aromatic rings. The predicted molar refractivity (Wildman–Crippen MR) is 128 cm³/mol. The van der Waals surface area contributed by atoms with Gasteiger partial charge in [0.1, 0.15) is 0 Å². The lowest BCUT2D eigenvalue weighted by Crippen LogP contribution is -2.48. The van der Waals surface area contributed by atoms with Gasteiger partial charge in [-0.25, -0.2) is 0 Å². The molecule has 0 bridgehead atoms. The molecule has 3 atom stereocenters. The van der Waals surface area contributed by atoms with Gasteiger partial charge in [-0.3, -0.25) is 4.79 Å². The molecule has 1 saturated carbocycles. The lowest BCUT2D eigenvalue weighted by Gasteiger charge is -2.42. The summed E-state index contributed by atoms with van der Waals surface area (Å²) in [5.41, 5.74) is 3.16. The summed E-state index contributed by atoms with van der Waals surface area (Å²) in [6.07, 6.45) is -4.88.